The van der Waals surface area contributed by atoms with Gasteiger partial charge in [-0.2, -0.15) is 0 Å². The van der Waals surface area contributed by atoms with Crippen molar-refractivity contribution in [2.24, 2.45) is 0 Å². The minimum Gasteiger partial charge on any atom is -0.318 e. The Morgan fingerprint density at radius 2 is 1.55 bits per heavy atom. The van der Waals surface area contributed by atoms with Crippen LogP contribution in [0.4, 0.5) is 14.9 Å². The average Bonchev–Trinajstić information content (AvgIpc) is 3.00. The predicted molar refractivity (Wildman–Crippen MR) is 123 cm³/mol. The van der Waals surface area contributed by atoms with E-state index in [4.69, 9.17) is 0 Å². The zero-order valence-corrected chi connectivity index (χ0v) is 18.8. The van der Waals surface area contributed by atoms with E-state index >= 15 is 0 Å². The number of anilines is 1. The molecule has 0 unspecified atom stereocenters. The van der Waals surface area contributed by atoms with E-state index in [0.29, 0.717) is 11.3 Å². The Kier molecular flexibility index (Phi) is 5.48. The first kappa shape index (κ1) is 21.0. The Morgan fingerprint density at radius 1 is 0.935 bits per heavy atom. The highest BCUT2D eigenvalue weighted by atomic mass is 127. The highest BCUT2D eigenvalue weighted by Crippen LogP contribution is 2.26. The lowest BCUT2D eigenvalue weighted by atomic mass is 10.1. The lowest BCUT2D eigenvalue weighted by Crippen LogP contribution is -2.54. The topological polar surface area (TPSA) is 71.4 Å². The number of imide groups is 2. The summed E-state index contributed by atoms with van der Waals surface area (Å²) in [5, 5.41) is 2.23. The first-order valence-electron chi connectivity index (χ1n) is 9.38. The van der Waals surface area contributed by atoms with Gasteiger partial charge < -0.3 is 4.57 Å². The monoisotopic (exact) mass is 529 g/mol. The molecule has 31 heavy (non-hydrogen) atoms. The van der Waals surface area contributed by atoms with Gasteiger partial charge in [0.05, 0.1) is 5.69 Å². The molecule has 1 saturated heterocycles. The fourth-order valence-electron chi connectivity index (χ4n) is 3.56. The van der Waals surface area contributed by atoms with E-state index < -0.39 is 17.8 Å². The number of aromatic nitrogens is 1. The summed E-state index contributed by atoms with van der Waals surface area (Å²) in [5.41, 5.74) is 3.27. The highest BCUT2D eigenvalue weighted by Gasteiger charge is 2.37. The van der Waals surface area contributed by atoms with E-state index in [2.05, 4.69) is 27.9 Å². The fraction of sp³-hybridized carbons (Fsp3) is 0.0870. The second kappa shape index (κ2) is 8.10. The number of halogens is 2. The zero-order valence-electron chi connectivity index (χ0n) is 16.6. The molecule has 4 rings (SSSR count). The molecule has 8 heteroatoms. The molecule has 1 aliphatic rings. The predicted octanol–water partition coefficient (Wildman–Crippen LogP) is 4.50. The molecule has 4 amide bonds. The third kappa shape index (κ3) is 3.90. The van der Waals surface area contributed by atoms with Crippen LogP contribution in [-0.2, 0) is 9.59 Å². The third-order valence-electron chi connectivity index (χ3n) is 5.04. The number of carbonyl (C=O) groups excluding carboxylic acids is 3. The van der Waals surface area contributed by atoms with Crippen LogP contribution in [0.15, 0.2) is 60.2 Å². The highest BCUT2D eigenvalue weighted by molar-refractivity contribution is 14.1. The van der Waals surface area contributed by atoms with E-state index in [-0.39, 0.29) is 11.4 Å². The van der Waals surface area contributed by atoms with Gasteiger partial charge in [-0.15, -0.1) is 0 Å². The van der Waals surface area contributed by atoms with Crippen molar-refractivity contribution in [2.45, 2.75) is 13.8 Å². The molecule has 0 saturated carbocycles. The molecule has 156 valence electrons. The van der Waals surface area contributed by atoms with Crippen LogP contribution in [0.25, 0.3) is 11.8 Å². The van der Waals surface area contributed by atoms with E-state index in [1.165, 1.54) is 18.2 Å². The number of hydrogen-bond donors (Lipinski definition) is 1. The lowest BCUT2D eigenvalue weighted by molar-refractivity contribution is -0.122. The van der Waals surface area contributed by atoms with Crippen LogP contribution in [0, 0.1) is 23.2 Å². The third-order valence-corrected chi connectivity index (χ3v) is 5.76. The van der Waals surface area contributed by atoms with Crippen molar-refractivity contribution in [2.75, 3.05) is 4.90 Å². The summed E-state index contributed by atoms with van der Waals surface area (Å²) in [7, 11) is 0. The van der Waals surface area contributed by atoms with Crippen LogP contribution < -0.4 is 10.2 Å². The first-order chi connectivity index (χ1) is 14.8. The normalized spacial score (nSPS) is 15.5. The number of nitrogens with zero attached hydrogens (tertiary/aromatic N) is 2. The quantitative estimate of drug-likeness (QED) is 0.309. The number of benzene rings is 2. The Labute approximate surface area is 191 Å². The van der Waals surface area contributed by atoms with Crippen molar-refractivity contribution in [3.8, 4) is 5.69 Å². The maximum Gasteiger partial charge on any atom is 0.335 e. The van der Waals surface area contributed by atoms with Crippen LogP contribution in [0.2, 0.25) is 0 Å². The number of hydrogen-bond acceptors (Lipinski definition) is 3. The van der Waals surface area contributed by atoms with Crippen molar-refractivity contribution < 1.29 is 18.8 Å². The van der Waals surface area contributed by atoms with Crippen molar-refractivity contribution in [3.63, 3.8) is 0 Å². The largest absolute Gasteiger partial charge is 0.335 e. The summed E-state index contributed by atoms with van der Waals surface area (Å²) in [4.78, 5) is 38.8. The van der Waals surface area contributed by atoms with Crippen LogP contribution in [0.5, 0.6) is 0 Å². The van der Waals surface area contributed by atoms with E-state index in [9.17, 15) is 18.8 Å². The number of amides is 4. The molecule has 0 spiro atoms. The number of rotatable bonds is 3. The summed E-state index contributed by atoms with van der Waals surface area (Å²) < 4.78 is 16.2. The van der Waals surface area contributed by atoms with Gasteiger partial charge in [0.1, 0.15) is 11.4 Å². The van der Waals surface area contributed by atoms with E-state index in [1.54, 1.807) is 36.4 Å². The van der Waals surface area contributed by atoms with Crippen molar-refractivity contribution in [3.05, 3.63) is 86.5 Å². The molecule has 0 atom stereocenters. The van der Waals surface area contributed by atoms with Gasteiger partial charge in [0, 0.05) is 20.6 Å². The molecule has 1 aromatic heterocycles. The summed E-state index contributed by atoms with van der Waals surface area (Å²) in [6.07, 6.45) is 1.48. The van der Waals surface area contributed by atoms with Gasteiger partial charge in [0.2, 0.25) is 0 Å². The second-order valence-corrected chi connectivity index (χ2v) is 8.32. The van der Waals surface area contributed by atoms with Gasteiger partial charge >= 0.3 is 6.03 Å². The van der Waals surface area contributed by atoms with Gasteiger partial charge in [-0.05, 0) is 103 Å². The van der Waals surface area contributed by atoms with Crippen LogP contribution in [0.1, 0.15) is 17.0 Å². The summed E-state index contributed by atoms with van der Waals surface area (Å²) in [6.45, 7) is 3.72. The number of urea groups is 1. The Morgan fingerprint density at radius 3 is 2.19 bits per heavy atom. The van der Waals surface area contributed by atoms with Gasteiger partial charge in [-0.25, -0.2) is 14.1 Å². The second-order valence-electron chi connectivity index (χ2n) is 7.07. The number of nitrogens with one attached hydrogen (secondary N) is 1. The minimum atomic E-state index is -0.787. The summed E-state index contributed by atoms with van der Waals surface area (Å²) in [6, 6.07) is 13.9. The minimum absolute atomic E-state index is 0.141. The van der Waals surface area contributed by atoms with Crippen LogP contribution in [0.3, 0.4) is 0 Å². The molecule has 2 aromatic carbocycles. The maximum absolute atomic E-state index is 13.3. The standard InChI is InChI=1S/C23H17FIN3O3/c1-13-11-15(14(2)27(13)18-7-3-16(24)4-8-18)12-20-21(29)26-23(31)28(22(20)30)19-9-5-17(25)6-10-19/h3-12H,1-2H3,(H,26,29,31)/b20-12-. The molecule has 1 N–H and O–H groups in total. The molecule has 0 aliphatic carbocycles. The number of barbiturate groups is 1. The van der Waals surface area contributed by atoms with Crippen molar-refractivity contribution in [1.82, 2.24) is 9.88 Å². The fourth-order valence-corrected chi connectivity index (χ4v) is 3.92. The Hall–Kier alpha value is -3.27. The van der Waals surface area contributed by atoms with Crippen molar-refractivity contribution in [1.29, 1.82) is 0 Å². The van der Waals surface area contributed by atoms with Gasteiger partial charge in [0.25, 0.3) is 11.8 Å². The van der Waals surface area contributed by atoms with E-state index in [0.717, 1.165) is 25.5 Å². The molecule has 3 aromatic rings. The number of carbonyl (C=O) groups is 3. The first-order valence-corrected chi connectivity index (χ1v) is 10.5. The smallest absolute Gasteiger partial charge is 0.318 e. The molecule has 1 aliphatic heterocycles. The van der Waals surface area contributed by atoms with Gasteiger partial charge in [0.15, 0.2) is 0 Å². The zero-order chi connectivity index (χ0) is 22.3. The Balaban J connectivity index is 1.75. The molecular formula is C23H17FIN3O3. The molecule has 2 heterocycles. The maximum atomic E-state index is 13.3. The molecule has 0 bridgehead atoms. The lowest BCUT2D eigenvalue weighted by Gasteiger charge is -2.26. The summed E-state index contributed by atoms with van der Waals surface area (Å²) >= 11 is 2.12. The average molecular weight is 529 g/mol. The molecule has 6 nitrogen and oxygen atoms in total. The van der Waals surface area contributed by atoms with Gasteiger partial charge in [-0.1, -0.05) is 0 Å². The van der Waals surface area contributed by atoms with Crippen molar-refractivity contribution >= 4 is 52.2 Å². The molecule has 1 fully saturated rings. The molecular weight excluding hydrogens is 512 g/mol. The van der Waals surface area contributed by atoms with E-state index in [1.807, 2.05) is 24.5 Å². The van der Waals surface area contributed by atoms with Crippen LogP contribution in [-0.4, -0.2) is 22.4 Å². The SMILES string of the molecule is Cc1cc(/C=C2/C(=O)NC(=O)N(c3ccc(I)cc3)C2=O)c(C)n1-c1ccc(F)cc1. The van der Waals surface area contributed by atoms with Crippen LogP contribution >= 0.6 is 22.6 Å². The van der Waals surface area contributed by atoms with Gasteiger partial charge in [-0.3, -0.25) is 14.9 Å². The number of aryl methyl sites for hydroxylation is 1. The molecule has 0 radical (unpaired) electrons. The summed E-state index contributed by atoms with van der Waals surface area (Å²) in [5.74, 6) is -1.77. The Bertz CT molecular complexity index is 1240.